The predicted octanol–water partition coefficient (Wildman–Crippen LogP) is 1.38. The molecule has 0 atom stereocenters. The molecule has 0 aliphatic rings. The van der Waals surface area contributed by atoms with Crippen molar-refractivity contribution in [1.82, 2.24) is 19.6 Å². The minimum atomic E-state index is 0.116. The Labute approximate surface area is 93.5 Å². The van der Waals surface area contributed by atoms with Gasteiger partial charge in [-0.3, -0.25) is 4.79 Å². The van der Waals surface area contributed by atoms with Crippen molar-refractivity contribution >= 4 is 11.6 Å². The first kappa shape index (κ1) is 10.7. The first-order valence-electron chi connectivity index (χ1n) is 5.27. The summed E-state index contributed by atoms with van der Waals surface area (Å²) in [6.07, 6.45) is 3.87. The average molecular weight is 218 g/mol. The predicted molar refractivity (Wildman–Crippen MR) is 59.3 cm³/mol. The Hall–Kier alpha value is -1.78. The fourth-order valence-electron chi connectivity index (χ4n) is 1.46. The first-order chi connectivity index (χ1) is 7.56. The van der Waals surface area contributed by atoms with E-state index in [1.165, 1.54) is 0 Å². The van der Waals surface area contributed by atoms with E-state index < -0.39 is 0 Å². The molecule has 2 aromatic rings. The largest absolute Gasteiger partial charge is 0.300 e. The molecule has 16 heavy (non-hydrogen) atoms. The number of fused-ring (bicyclic) bond motifs is 1. The van der Waals surface area contributed by atoms with Crippen molar-refractivity contribution in [3.63, 3.8) is 0 Å². The van der Waals surface area contributed by atoms with Crippen molar-refractivity contribution in [3.8, 4) is 0 Å². The van der Waals surface area contributed by atoms with E-state index in [0.29, 0.717) is 12.2 Å². The summed E-state index contributed by atoms with van der Waals surface area (Å²) in [4.78, 5) is 19.5. The number of carbonyl (C=O) groups excluding carboxylic acids is 1. The summed E-state index contributed by atoms with van der Waals surface area (Å²) in [5, 5.41) is 4.31. The molecule has 0 aromatic carbocycles. The molecule has 0 saturated heterocycles. The summed E-state index contributed by atoms with van der Waals surface area (Å²) < 4.78 is 1.63. The van der Waals surface area contributed by atoms with Gasteiger partial charge in [0.15, 0.2) is 5.82 Å². The van der Waals surface area contributed by atoms with E-state index in [-0.39, 0.29) is 11.7 Å². The number of carbonyl (C=O) groups is 1. The molecule has 0 amide bonds. The fourth-order valence-corrected chi connectivity index (χ4v) is 1.46. The van der Waals surface area contributed by atoms with Crippen LogP contribution in [0.2, 0.25) is 0 Å². The normalized spacial score (nSPS) is 11.2. The van der Waals surface area contributed by atoms with Crippen LogP contribution in [-0.4, -0.2) is 25.4 Å². The van der Waals surface area contributed by atoms with Gasteiger partial charge in [-0.1, -0.05) is 13.8 Å². The molecule has 0 aliphatic carbocycles. The third kappa shape index (κ3) is 2.08. The van der Waals surface area contributed by atoms with Crippen LogP contribution in [0.4, 0.5) is 0 Å². The minimum absolute atomic E-state index is 0.116. The number of ketones is 1. The van der Waals surface area contributed by atoms with Crippen LogP contribution < -0.4 is 0 Å². The Kier molecular flexibility index (Phi) is 2.68. The van der Waals surface area contributed by atoms with E-state index in [9.17, 15) is 4.79 Å². The number of hydrogen-bond donors (Lipinski definition) is 0. The van der Waals surface area contributed by atoms with Gasteiger partial charge in [-0.05, 0) is 12.5 Å². The van der Waals surface area contributed by atoms with E-state index >= 15 is 0 Å². The van der Waals surface area contributed by atoms with Crippen LogP contribution in [0.5, 0.6) is 0 Å². The molecular formula is C11H14N4O. The summed E-state index contributed by atoms with van der Waals surface area (Å²) in [7, 11) is 0. The van der Waals surface area contributed by atoms with Crippen molar-refractivity contribution < 1.29 is 4.79 Å². The lowest BCUT2D eigenvalue weighted by molar-refractivity contribution is -0.116. The summed E-state index contributed by atoms with van der Waals surface area (Å²) in [5.74, 6) is 1.74. The van der Waals surface area contributed by atoms with Crippen LogP contribution in [0.25, 0.3) is 5.78 Å². The van der Waals surface area contributed by atoms with E-state index in [2.05, 4.69) is 15.1 Å². The second kappa shape index (κ2) is 4.00. The molecule has 2 heterocycles. The number of nitrogens with zero attached hydrogens (tertiary/aromatic N) is 4. The lowest BCUT2D eigenvalue weighted by atomic mass is 10.2. The average Bonchev–Trinajstić information content (AvgIpc) is 2.59. The molecule has 5 heteroatoms. The number of rotatable bonds is 3. The molecule has 0 spiro atoms. The third-order valence-corrected chi connectivity index (χ3v) is 2.23. The van der Waals surface area contributed by atoms with Gasteiger partial charge >= 0.3 is 0 Å². The fraction of sp³-hybridized carbons (Fsp3) is 0.455. The lowest BCUT2D eigenvalue weighted by Crippen LogP contribution is -2.00. The molecule has 2 rings (SSSR count). The van der Waals surface area contributed by atoms with Gasteiger partial charge in [-0.2, -0.15) is 4.98 Å². The highest BCUT2D eigenvalue weighted by Crippen LogP contribution is 2.10. The van der Waals surface area contributed by atoms with Crippen LogP contribution in [0.1, 0.15) is 38.1 Å². The summed E-state index contributed by atoms with van der Waals surface area (Å²) in [6, 6.07) is 0. The Morgan fingerprint density at radius 2 is 2.25 bits per heavy atom. The third-order valence-electron chi connectivity index (χ3n) is 2.23. The highest BCUT2D eigenvalue weighted by molar-refractivity contribution is 5.77. The van der Waals surface area contributed by atoms with Crippen LogP contribution in [0.3, 0.4) is 0 Å². The summed E-state index contributed by atoms with van der Waals surface area (Å²) >= 11 is 0. The van der Waals surface area contributed by atoms with E-state index in [1.54, 1.807) is 17.6 Å². The van der Waals surface area contributed by atoms with Gasteiger partial charge in [0.1, 0.15) is 5.78 Å². The van der Waals surface area contributed by atoms with Crippen LogP contribution in [0, 0.1) is 0 Å². The van der Waals surface area contributed by atoms with Crippen LogP contribution >= 0.6 is 0 Å². The summed E-state index contributed by atoms with van der Waals surface area (Å²) in [6.45, 7) is 5.63. The molecule has 0 aliphatic heterocycles. The molecule has 0 fully saturated rings. The zero-order valence-electron chi connectivity index (χ0n) is 9.64. The Morgan fingerprint density at radius 3 is 2.88 bits per heavy atom. The summed E-state index contributed by atoms with van der Waals surface area (Å²) in [5.41, 5.74) is 0.861. The van der Waals surface area contributed by atoms with Crippen molar-refractivity contribution in [2.75, 3.05) is 0 Å². The number of aromatic nitrogens is 4. The smallest absolute Gasteiger partial charge is 0.252 e. The highest BCUT2D eigenvalue weighted by atomic mass is 16.1. The quantitative estimate of drug-likeness (QED) is 0.780. The highest BCUT2D eigenvalue weighted by Gasteiger charge is 2.09. The Balaban J connectivity index is 2.41. The zero-order valence-corrected chi connectivity index (χ0v) is 9.64. The Morgan fingerprint density at radius 1 is 1.50 bits per heavy atom. The molecule has 2 aromatic heterocycles. The Bertz CT molecular complexity index is 530. The minimum Gasteiger partial charge on any atom is -0.300 e. The SMILES string of the molecule is CC(=O)Cc1cnc2nc(C(C)C)nn2c1. The monoisotopic (exact) mass is 218 g/mol. The van der Waals surface area contributed by atoms with Crippen LogP contribution in [0.15, 0.2) is 12.4 Å². The van der Waals surface area contributed by atoms with Gasteiger partial charge < -0.3 is 0 Å². The topological polar surface area (TPSA) is 60.2 Å². The van der Waals surface area contributed by atoms with Gasteiger partial charge in [0, 0.05) is 24.7 Å². The number of Topliss-reactive ketones (excluding diaryl/α,β-unsaturated/α-hetero) is 1. The van der Waals surface area contributed by atoms with Crippen LogP contribution in [-0.2, 0) is 11.2 Å². The zero-order chi connectivity index (χ0) is 11.7. The van der Waals surface area contributed by atoms with Gasteiger partial charge in [0.05, 0.1) is 0 Å². The molecule has 0 bridgehead atoms. The van der Waals surface area contributed by atoms with Crippen molar-refractivity contribution in [3.05, 3.63) is 23.8 Å². The van der Waals surface area contributed by atoms with Crippen molar-refractivity contribution in [2.45, 2.75) is 33.1 Å². The first-order valence-corrected chi connectivity index (χ1v) is 5.27. The van der Waals surface area contributed by atoms with E-state index in [4.69, 9.17) is 0 Å². The second-order valence-electron chi connectivity index (χ2n) is 4.21. The van der Waals surface area contributed by atoms with Crippen molar-refractivity contribution in [1.29, 1.82) is 0 Å². The maximum Gasteiger partial charge on any atom is 0.252 e. The molecule has 84 valence electrons. The molecule has 0 N–H and O–H groups in total. The molecule has 0 unspecified atom stereocenters. The molecule has 5 nitrogen and oxygen atoms in total. The van der Waals surface area contributed by atoms with Gasteiger partial charge in [0.25, 0.3) is 5.78 Å². The van der Waals surface area contributed by atoms with Gasteiger partial charge in [0.2, 0.25) is 0 Å². The number of hydrogen-bond acceptors (Lipinski definition) is 4. The maximum atomic E-state index is 11.0. The second-order valence-corrected chi connectivity index (χ2v) is 4.21. The van der Waals surface area contributed by atoms with E-state index in [1.807, 2.05) is 20.0 Å². The maximum absolute atomic E-state index is 11.0. The lowest BCUT2D eigenvalue weighted by Gasteiger charge is -1.96. The molecular weight excluding hydrogens is 204 g/mol. The molecule has 0 radical (unpaired) electrons. The molecule has 0 saturated carbocycles. The van der Waals surface area contributed by atoms with E-state index in [0.717, 1.165) is 11.4 Å². The van der Waals surface area contributed by atoms with Gasteiger partial charge in [-0.25, -0.2) is 9.50 Å². The van der Waals surface area contributed by atoms with Crippen molar-refractivity contribution in [2.24, 2.45) is 0 Å². The standard InChI is InChI=1S/C11H14N4O/c1-7(2)10-13-11-12-5-9(4-8(3)16)6-15(11)14-10/h5-7H,4H2,1-3H3. The van der Waals surface area contributed by atoms with Gasteiger partial charge in [-0.15, -0.1) is 5.10 Å².